The predicted octanol–water partition coefficient (Wildman–Crippen LogP) is 1.77. The summed E-state index contributed by atoms with van der Waals surface area (Å²) in [4.78, 5) is 11.7. The number of sulfonamides is 1. The van der Waals surface area contributed by atoms with Gasteiger partial charge >= 0.3 is 6.18 Å². The molecule has 0 saturated carbocycles. The van der Waals surface area contributed by atoms with Gasteiger partial charge in [0.1, 0.15) is 6.54 Å². The minimum atomic E-state index is -4.53. The molecule has 26 heavy (non-hydrogen) atoms. The summed E-state index contributed by atoms with van der Waals surface area (Å²) >= 11 is 0. The number of halogens is 4. The Bertz CT molecular complexity index is 728. The first-order chi connectivity index (χ1) is 11.6. The fraction of sp³-hybridized carbons (Fsp3) is 0.533. The highest BCUT2D eigenvalue weighted by molar-refractivity contribution is 7.89. The Morgan fingerprint density at radius 1 is 1.35 bits per heavy atom. The standard InChI is InChI=1S/C15H20F3N3O3S.ClH/c1-19-9-12-5-3-7-21(12)25(23,24)13-6-2-4-11(8-13)14(22)20-10-15(16,17)18;/h2,4,6,8,12,19H,3,5,7,9-10H2,1H3,(H,20,22);1H. The van der Waals surface area contributed by atoms with E-state index in [1.54, 1.807) is 12.4 Å². The van der Waals surface area contributed by atoms with E-state index in [4.69, 9.17) is 0 Å². The molecule has 1 aromatic rings. The lowest BCUT2D eigenvalue weighted by atomic mass is 10.2. The fourth-order valence-corrected chi connectivity index (χ4v) is 4.52. The predicted molar refractivity (Wildman–Crippen MR) is 92.9 cm³/mol. The Hall–Kier alpha value is -1.36. The highest BCUT2D eigenvalue weighted by Crippen LogP contribution is 2.26. The van der Waals surface area contributed by atoms with Crippen LogP contribution in [0.3, 0.4) is 0 Å². The second-order valence-electron chi connectivity index (χ2n) is 5.80. The molecular weight excluding hydrogens is 395 g/mol. The number of hydrogen-bond donors (Lipinski definition) is 2. The lowest BCUT2D eigenvalue weighted by Gasteiger charge is -2.24. The number of benzene rings is 1. The van der Waals surface area contributed by atoms with E-state index in [9.17, 15) is 26.4 Å². The first-order valence-corrected chi connectivity index (χ1v) is 9.20. The summed E-state index contributed by atoms with van der Waals surface area (Å²) in [5.41, 5.74) is -0.130. The van der Waals surface area contributed by atoms with Crippen LogP contribution in [0, 0.1) is 0 Å². The normalized spacial score (nSPS) is 18.4. The molecule has 1 fully saturated rings. The van der Waals surface area contributed by atoms with Crippen molar-refractivity contribution in [1.29, 1.82) is 0 Å². The molecule has 0 radical (unpaired) electrons. The SMILES string of the molecule is CNCC1CCCN1S(=O)(=O)c1cccc(C(=O)NCC(F)(F)F)c1.Cl. The smallest absolute Gasteiger partial charge is 0.343 e. The van der Waals surface area contributed by atoms with Crippen LogP contribution in [0.25, 0.3) is 0 Å². The monoisotopic (exact) mass is 415 g/mol. The third-order valence-electron chi connectivity index (χ3n) is 3.92. The molecule has 6 nitrogen and oxygen atoms in total. The summed E-state index contributed by atoms with van der Waals surface area (Å²) in [6.45, 7) is -0.594. The van der Waals surface area contributed by atoms with Gasteiger partial charge in [0.05, 0.1) is 4.90 Å². The van der Waals surface area contributed by atoms with Crippen LogP contribution < -0.4 is 10.6 Å². The summed E-state index contributed by atoms with van der Waals surface area (Å²) in [6, 6.07) is 4.89. The van der Waals surface area contributed by atoms with Crippen LogP contribution in [0.5, 0.6) is 0 Å². The van der Waals surface area contributed by atoms with Gasteiger partial charge in [-0.05, 0) is 38.1 Å². The van der Waals surface area contributed by atoms with Crippen molar-refractivity contribution in [3.8, 4) is 0 Å². The summed E-state index contributed by atoms with van der Waals surface area (Å²) in [7, 11) is -2.09. The summed E-state index contributed by atoms with van der Waals surface area (Å²) < 4.78 is 63.6. The third-order valence-corrected chi connectivity index (χ3v) is 5.86. The van der Waals surface area contributed by atoms with Crippen molar-refractivity contribution < 1.29 is 26.4 Å². The molecule has 1 heterocycles. The van der Waals surface area contributed by atoms with Gasteiger partial charge in [0, 0.05) is 24.7 Å². The number of hydrogen-bond acceptors (Lipinski definition) is 4. The van der Waals surface area contributed by atoms with Crippen LogP contribution in [-0.4, -0.2) is 57.5 Å². The van der Waals surface area contributed by atoms with Crippen molar-refractivity contribution in [2.24, 2.45) is 0 Å². The zero-order valence-corrected chi connectivity index (χ0v) is 15.7. The van der Waals surface area contributed by atoms with Gasteiger partial charge in [0.25, 0.3) is 5.91 Å². The van der Waals surface area contributed by atoms with Crippen molar-refractivity contribution in [3.05, 3.63) is 29.8 Å². The van der Waals surface area contributed by atoms with Gasteiger partial charge in [0.2, 0.25) is 10.0 Å². The van der Waals surface area contributed by atoms with Gasteiger partial charge in [-0.25, -0.2) is 8.42 Å². The molecule has 2 N–H and O–H groups in total. The van der Waals surface area contributed by atoms with E-state index >= 15 is 0 Å². The van der Waals surface area contributed by atoms with E-state index < -0.39 is 28.7 Å². The maximum atomic E-state index is 12.8. The second-order valence-corrected chi connectivity index (χ2v) is 7.69. The minimum Gasteiger partial charge on any atom is -0.343 e. The number of carbonyl (C=O) groups excluding carboxylic acids is 1. The lowest BCUT2D eigenvalue weighted by molar-refractivity contribution is -0.123. The first-order valence-electron chi connectivity index (χ1n) is 7.76. The molecule has 0 bridgehead atoms. The molecule has 0 aromatic heterocycles. The Morgan fingerprint density at radius 3 is 2.65 bits per heavy atom. The van der Waals surface area contributed by atoms with E-state index in [-0.39, 0.29) is 28.9 Å². The van der Waals surface area contributed by atoms with Crippen LogP contribution in [0.4, 0.5) is 13.2 Å². The number of likely N-dealkylation sites (N-methyl/N-ethyl adjacent to an activating group) is 1. The molecule has 1 amide bonds. The van der Waals surface area contributed by atoms with Crippen molar-refractivity contribution in [1.82, 2.24) is 14.9 Å². The van der Waals surface area contributed by atoms with Gasteiger partial charge in [-0.1, -0.05) is 6.07 Å². The number of alkyl halides is 3. The summed E-state index contributed by atoms with van der Waals surface area (Å²) in [6.07, 6.45) is -3.07. The molecule has 2 rings (SSSR count). The maximum absolute atomic E-state index is 12.8. The summed E-state index contributed by atoms with van der Waals surface area (Å²) in [5.74, 6) is -0.970. The number of rotatable bonds is 6. The molecule has 1 aliphatic rings. The molecule has 0 aliphatic carbocycles. The molecule has 1 aromatic carbocycles. The van der Waals surface area contributed by atoms with Gasteiger partial charge in [-0.15, -0.1) is 12.4 Å². The van der Waals surface area contributed by atoms with Crippen molar-refractivity contribution in [2.45, 2.75) is 30.0 Å². The van der Waals surface area contributed by atoms with E-state index in [0.29, 0.717) is 13.1 Å². The number of nitrogens with zero attached hydrogens (tertiary/aromatic N) is 1. The van der Waals surface area contributed by atoms with Gasteiger partial charge in [0.15, 0.2) is 0 Å². The molecule has 1 saturated heterocycles. The highest BCUT2D eigenvalue weighted by Gasteiger charge is 2.35. The van der Waals surface area contributed by atoms with Gasteiger partial charge in [-0.3, -0.25) is 4.79 Å². The first kappa shape index (κ1) is 22.7. The van der Waals surface area contributed by atoms with Gasteiger partial charge in [-0.2, -0.15) is 17.5 Å². The second kappa shape index (κ2) is 9.03. The minimum absolute atomic E-state index is 0. The van der Waals surface area contributed by atoms with E-state index in [0.717, 1.165) is 18.9 Å². The molecule has 1 unspecified atom stereocenters. The quantitative estimate of drug-likeness (QED) is 0.742. The van der Waals surface area contributed by atoms with Gasteiger partial charge < -0.3 is 10.6 Å². The van der Waals surface area contributed by atoms with Crippen molar-refractivity contribution in [3.63, 3.8) is 0 Å². The van der Waals surface area contributed by atoms with Crippen LogP contribution in [0.1, 0.15) is 23.2 Å². The van der Waals surface area contributed by atoms with Crippen molar-refractivity contribution in [2.75, 3.05) is 26.7 Å². The van der Waals surface area contributed by atoms with E-state index in [2.05, 4.69) is 5.32 Å². The highest BCUT2D eigenvalue weighted by atomic mass is 35.5. The molecule has 1 aliphatic heterocycles. The maximum Gasteiger partial charge on any atom is 0.405 e. The average Bonchev–Trinajstić information content (AvgIpc) is 3.01. The van der Waals surface area contributed by atoms with Crippen molar-refractivity contribution >= 4 is 28.3 Å². The molecule has 148 valence electrons. The zero-order valence-electron chi connectivity index (χ0n) is 14.0. The van der Waals surface area contributed by atoms with Crippen LogP contribution in [-0.2, 0) is 10.0 Å². The van der Waals surface area contributed by atoms with Crippen LogP contribution in [0.15, 0.2) is 29.2 Å². The number of amides is 1. The van der Waals surface area contributed by atoms with Crippen LogP contribution in [0.2, 0.25) is 0 Å². The average molecular weight is 416 g/mol. The largest absolute Gasteiger partial charge is 0.405 e. The topological polar surface area (TPSA) is 78.5 Å². The lowest BCUT2D eigenvalue weighted by Crippen LogP contribution is -2.40. The Labute approximate surface area is 156 Å². The molecule has 11 heteroatoms. The van der Waals surface area contributed by atoms with Crippen LogP contribution >= 0.6 is 12.4 Å². The molecular formula is C15H21ClF3N3O3S. The number of carbonyl (C=O) groups is 1. The third kappa shape index (κ3) is 5.57. The Kier molecular flexibility index (Phi) is 7.87. The van der Waals surface area contributed by atoms with E-state index in [1.807, 2.05) is 0 Å². The zero-order chi connectivity index (χ0) is 18.7. The molecule has 0 spiro atoms. The Balaban J connectivity index is 0.00000338. The fourth-order valence-electron chi connectivity index (χ4n) is 2.78. The Morgan fingerprint density at radius 2 is 2.04 bits per heavy atom. The van der Waals surface area contributed by atoms with E-state index in [1.165, 1.54) is 22.5 Å². The molecule has 1 atom stereocenters. The number of nitrogens with one attached hydrogen (secondary N) is 2. The summed E-state index contributed by atoms with van der Waals surface area (Å²) in [5, 5.41) is 4.68.